The van der Waals surface area contributed by atoms with E-state index in [-0.39, 0.29) is 5.41 Å². The number of aliphatic hydroxyl groups is 1. The van der Waals surface area contributed by atoms with Crippen LogP contribution in [0.3, 0.4) is 0 Å². The van der Waals surface area contributed by atoms with Gasteiger partial charge in [0.25, 0.3) is 0 Å². The summed E-state index contributed by atoms with van der Waals surface area (Å²) in [6.45, 7) is 9.62. The van der Waals surface area contributed by atoms with Crippen molar-refractivity contribution < 1.29 is 5.11 Å². The maximum atomic E-state index is 10.6. The van der Waals surface area contributed by atoms with Gasteiger partial charge in [-0.05, 0) is 23.1 Å². The topological polar surface area (TPSA) is 20.2 Å². The molecule has 15 heavy (non-hydrogen) atoms. The molecular weight excluding hydrogens is 208 g/mol. The third-order valence-electron chi connectivity index (χ3n) is 2.70. The largest absolute Gasteiger partial charge is 0.380 e. The molecule has 0 aliphatic rings. The lowest BCUT2D eigenvalue weighted by atomic mass is 9.72. The SMILES string of the molecule is C=CC(O)(c1cccc(Cl)c1)C(C)(C)C. The van der Waals surface area contributed by atoms with E-state index in [1.54, 1.807) is 18.2 Å². The van der Waals surface area contributed by atoms with E-state index in [2.05, 4.69) is 6.58 Å². The van der Waals surface area contributed by atoms with Crippen LogP contribution >= 0.6 is 11.6 Å². The van der Waals surface area contributed by atoms with Gasteiger partial charge in [-0.15, -0.1) is 0 Å². The molecule has 1 unspecified atom stereocenters. The van der Waals surface area contributed by atoms with Crippen molar-refractivity contribution in [3.8, 4) is 0 Å². The highest BCUT2D eigenvalue weighted by molar-refractivity contribution is 6.30. The Hall–Kier alpha value is -0.790. The average Bonchev–Trinajstić information content (AvgIpc) is 2.14. The van der Waals surface area contributed by atoms with Crippen LogP contribution in [0.15, 0.2) is 36.9 Å². The summed E-state index contributed by atoms with van der Waals surface area (Å²) in [6.07, 6.45) is 1.57. The normalized spacial score (nSPS) is 15.8. The lowest BCUT2D eigenvalue weighted by molar-refractivity contribution is -0.0182. The van der Waals surface area contributed by atoms with Crippen molar-refractivity contribution in [1.82, 2.24) is 0 Å². The predicted molar refractivity (Wildman–Crippen MR) is 65.0 cm³/mol. The fourth-order valence-corrected chi connectivity index (χ4v) is 1.77. The maximum Gasteiger partial charge on any atom is 0.112 e. The van der Waals surface area contributed by atoms with E-state index in [1.807, 2.05) is 32.9 Å². The Balaban J connectivity index is 3.30. The molecule has 0 bridgehead atoms. The van der Waals surface area contributed by atoms with Crippen LogP contribution in [0.25, 0.3) is 0 Å². The van der Waals surface area contributed by atoms with E-state index in [1.165, 1.54) is 0 Å². The van der Waals surface area contributed by atoms with Crippen molar-refractivity contribution in [2.75, 3.05) is 0 Å². The quantitative estimate of drug-likeness (QED) is 0.759. The van der Waals surface area contributed by atoms with Crippen molar-refractivity contribution >= 4 is 11.6 Å². The van der Waals surface area contributed by atoms with Crippen LogP contribution in [0.2, 0.25) is 5.02 Å². The Morgan fingerprint density at radius 2 is 1.93 bits per heavy atom. The Morgan fingerprint density at radius 3 is 2.33 bits per heavy atom. The van der Waals surface area contributed by atoms with Gasteiger partial charge in [0.15, 0.2) is 0 Å². The number of hydrogen-bond acceptors (Lipinski definition) is 1. The van der Waals surface area contributed by atoms with Gasteiger partial charge in [-0.1, -0.05) is 57.2 Å². The zero-order chi connectivity index (χ0) is 11.7. The van der Waals surface area contributed by atoms with Gasteiger partial charge in [-0.3, -0.25) is 0 Å². The third kappa shape index (κ3) is 2.24. The zero-order valence-electron chi connectivity index (χ0n) is 9.42. The first-order valence-corrected chi connectivity index (χ1v) is 5.31. The third-order valence-corrected chi connectivity index (χ3v) is 2.94. The second-order valence-corrected chi connectivity index (χ2v) is 5.17. The first-order chi connectivity index (χ1) is 6.81. The molecule has 1 rings (SSSR count). The summed E-state index contributed by atoms with van der Waals surface area (Å²) in [6, 6.07) is 7.25. The maximum absolute atomic E-state index is 10.6. The smallest absolute Gasteiger partial charge is 0.112 e. The Morgan fingerprint density at radius 1 is 1.33 bits per heavy atom. The van der Waals surface area contributed by atoms with Crippen molar-refractivity contribution in [3.05, 3.63) is 47.5 Å². The molecule has 0 radical (unpaired) electrons. The van der Waals surface area contributed by atoms with Crippen molar-refractivity contribution in [1.29, 1.82) is 0 Å². The number of hydrogen-bond donors (Lipinski definition) is 1. The van der Waals surface area contributed by atoms with Crippen molar-refractivity contribution in [2.24, 2.45) is 5.41 Å². The van der Waals surface area contributed by atoms with Crippen LogP contribution in [0.5, 0.6) is 0 Å². The van der Waals surface area contributed by atoms with E-state index in [9.17, 15) is 5.11 Å². The minimum absolute atomic E-state index is 0.320. The molecule has 0 saturated carbocycles. The average molecular weight is 225 g/mol. The summed E-state index contributed by atoms with van der Waals surface area (Å²) in [5, 5.41) is 11.2. The Kier molecular flexibility index (Phi) is 3.27. The van der Waals surface area contributed by atoms with E-state index < -0.39 is 5.60 Å². The minimum Gasteiger partial charge on any atom is -0.380 e. The molecule has 0 aromatic heterocycles. The van der Waals surface area contributed by atoms with Gasteiger partial charge in [0.05, 0.1) is 0 Å². The molecule has 0 aliphatic carbocycles. The molecule has 1 aromatic carbocycles. The monoisotopic (exact) mass is 224 g/mol. The molecule has 1 aromatic rings. The van der Waals surface area contributed by atoms with Crippen LogP contribution in [-0.2, 0) is 5.60 Å². The zero-order valence-corrected chi connectivity index (χ0v) is 10.2. The molecule has 0 saturated heterocycles. The van der Waals surface area contributed by atoms with Gasteiger partial charge in [-0.25, -0.2) is 0 Å². The van der Waals surface area contributed by atoms with Gasteiger partial charge >= 0.3 is 0 Å². The molecular formula is C13H17ClO. The first-order valence-electron chi connectivity index (χ1n) is 4.93. The highest BCUT2D eigenvalue weighted by Gasteiger charge is 2.38. The highest BCUT2D eigenvalue weighted by Crippen LogP contribution is 2.40. The summed E-state index contributed by atoms with van der Waals surface area (Å²) >= 11 is 5.91. The molecule has 0 amide bonds. The molecule has 0 aliphatic heterocycles. The number of rotatable bonds is 2. The van der Waals surface area contributed by atoms with E-state index in [4.69, 9.17) is 11.6 Å². The van der Waals surface area contributed by atoms with Gasteiger partial charge in [0, 0.05) is 5.02 Å². The molecule has 2 heteroatoms. The summed E-state index contributed by atoms with van der Waals surface area (Å²) < 4.78 is 0. The van der Waals surface area contributed by atoms with Crippen molar-refractivity contribution in [3.63, 3.8) is 0 Å². The Labute approximate surface area is 96.4 Å². The lowest BCUT2D eigenvalue weighted by Crippen LogP contribution is -2.37. The fourth-order valence-electron chi connectivity index (χ4n) is 1.58. The highest BCUT2D eigenvalue weighted by atomic mass is 35.5. The van der Waals surface area contributed by atoms with E-state index in [0.717, 1.165) is 5.56 Å². The molecule has 1 nitrogen and oxygen atoms in total. The van der Waals surface area contributed by atoms with Crippen LogP contribution in [0, 0.1) is 5.41 Å². The molecule has 0 fully saturated rings. The summed E-state index contributed by atoms with van der Waals surface area (Å²) in [7, 11) is 0. The first kappa shape index (κ1) is 12.3. The molecule has 1 N–H and O–H groups in total. The number of benzene rings is 1. The fraction of sp³-hybridized carbons (Fsp3) is 0.385. The summed E-state index contributed by atoms with van der Waals surface area (Å²) in [5.74, 6) is 0. The minimum atomic E-state index is -1.06. The van der Waals surface area contributed by atoms with Gasteiger partial charge < -0.3 is 5.11 Å². The van der Waals surface area contributed by atoms with Crippen LogP contribution < -0.4 is 0 Å². The lowest BCUT2D eigenvalue weighted by Gasteiger charge is -2.38. The van der Waals surface area contributed by atoms with Crippen LogP contribution in [0.1, 0.15) is 26.3 Å². The molecule has 0 spiro atoms. The molecule has 82 valence electrons. The second-order valence-electron chi connectivity index (χ2n) is 4.73. The van der Waals surface area contributed by atoms with Gasteiger partial charge in [0.1, 0.15) is 5.60 Å². The van der Waals surface area contributed by atoms with Crippen LogP contribution in [0.4, 0.5) is 0 Å². The van der Waals surface area contributed by atoms with E-state index in [0.29, 0.717) is 5.02 Å². The van der Waals surface area contributed by atoms with Gasteiger partial charge in [-0.2, -0.15) is 0 Å². The summed E-state index contributed by atoms with van der Waals surface area (Å²) in [4.78, 5) is 0. The van der Waals surface area contributed by atoms with Crippen molar-refractivity contribution in [2.45, 2.75) is 26.4 Å². The predicted octanol–water partition coefficient (Wildman–Crippen LogP) is 3.76. The van der Waals surface area contributed by atoms with Crippen LogP contribution in [-0.4, -0.2) is 5.11 Å². The molecule has 1 atom stereocenters. The standard InChI is InChI=1S/C13H17ClO/c1-5-13(15,12(2,3)4)10-7-6-8-11(14)9-10/h5-9,15H,1H2,2-4H3. The Bertz CT molecular complexity index is 365. The molecule has 0 heterocycles. The summed E-state index contributed by atoms with van der Waals surface area (Å²) in [5.41, 5.74) is -0.602. The number of halogens is 1. The van der Waals surface area contributed by atoms with Gasteiger partial charge in [0.2, 0.25) is 0 Å². The second kappa shape index (κ2) is 3.99. The van der Waals surface area contributed by atoms with E-state index >= 15 is 0 Å².